The summed E-state index contributed by atoms with van der Waals surface area (Å²) in [7, 11) is 0. The molecule has 184 valence electrons. The zero-order chi connectivity index (χ0) is 25.7. The van der Waals surface area contributed by atoms with E-state index in [4.69, 9.17) is 0 Å². The maximum absolute atomic E-state index is 13.8. The van der Waals surface area contributed by atoms with Gasteiger partial charge in [0.1, 0.15) is 5.71 Å². The number of carbonyl (C=O) groups excluding carboxylic acids is 1. The van der Waals surface area contributed by atoms with E-state index >= 15 is 0 Å². The van der Waals surface area contributed by atoms with E-state index in [2.05, 4.69) is 46.8 Å². The molecule has 1 aliphatic heterocycles. The van der Waals surface area contributed by atoms with Gasteiger partial charge in [0.15, 0.2) is 0 Å². The fourth-order valence-electron chi connectivity index (χ4n) is 3.88. The number of rotatable bonds is 4. The van der Waals surface area contributed by atoms with Crippen LogP contribution in [0.15, 0.2) is 58.1 Å². The molecule has 3 aromatic rings. The summed E-state index contributed by atoms with van der Waals surface area (Å²) in [5.74, 6) is -1.14. The summed E-state index contributed by atoms with van der Waals surface area (Å²) in [4.78, 5) is 18.1. The minimum absolute atomic E-state index is 0.0708. The van der Waals surface area contributed by atoms with Crippen molar-refractivity contribution in [2.75, 3.05) is 0 Å². The largest absolute Gasteiger partial charge is 0.364 e. The summed E-state index contributed by atoms with van der Waals surface area (Å²) in [6.45, 7) is 6.21. The molecular formula is C25H22BrF4N3O2. The van der Waals surface area contributed by atoms with Crippen molar-refractivity contribution in [3.8, 4) is 11.3 Å². The van der Waals surface area contributed by atoms with Gasteiger partial charge in [-0.1, -0.05) is 61.0 Å². The van der Waals surface area contributed by atoms with E-state index in [1.807, 2.05) is 24.3 Å². The third-order valence-electron chi connectivity index (χ3n) is 5.88. The summed E-state index contributed by atoms with van der Waals surface area (Å²) in [6.07, 6.45) is -7.86. The van der Waals surface area contributed by atoms with Crippen LogP contribution in [0, 0.1) is 0 Å². The number of hydrogen-bond donors (Lipinski definition) is 1. The standard InChI is InChI=1S/C25H22BrF4N3O2/c1-24(2,3)14-6-4-13(5-7-14)19-11-17(16-10-15(26)8-9-18(16)31-19)22(34)33-25(35,23(29)30)12-20(32-33)21(27)28/h4-11,21,23,35H,12H2,1-3H3/t25-/m0/s1. The Hall–Kier alpha value is -2.85. The number of amides is 1. The van der Waals surface area contributed by atoms with E-state index in [0.29, 0.717) is 21.2 Å². The first-order chi connectivity index (χ1) is 16.3. The average molecular weight is 552 g/mol. The molecule has 1 aliphatic rings. The van der Waals surface area contributed by atoms with Gasteiger partial charge in [-0.15, -0.1) is 0 Å². The molecule has 2 heterocycles. The minimum atomic E-state index is -3.52. The molecule has 1 aromatic heterocycles. The van der Waals surface area contributed by atoms with Crippen molar-refractivity contribution in [3.63, 3.8) is 0 Å². The van der Waals surface area contributed by atoms with Crippen LogP contribution < -0.4 is 0 Å². The lowest BCUT2D eigenvalue weighted by Crippen LogP contribution is -2.51. The lowest BCUT2D eigenvalue weighted by atomic mass is 9.86. The summed E-state index contributed by atoms with van der Waals surface area (Å²) in [5, 5.41) is 14.2. The van der Waals surface area contributed by atoms with E-state index in [1.54, 1.807) is 18.2 Å². The van der Waals surface area contributed by atoms with E-state index in [-0.39, 0.29) is 21.4 Å². The Bertz CT molecular complexity index is 1320. The molecule has 0 fully saturated rings. The highest BCUT2D eigenvalue weighted by Gasteiger charge is 2.53. The summed E-state index contributed by atoms with van der Waals surface area (Å²) >= 11 is 3.31. The van der Waals surface area contributed by atoms with E-state index < -0.39 is 36.6 Å². The Morgan fingerprint density at radius 1 is 1.09 bits per heavy atom. The Morgan fingerprint density at radius 3 is 2.31 bits per heavy atom. The molecular weight excluding hydrogens is 530 g/mol. The highest BCUT2D eigenvalue weighted by Crippen LogP contribution is 2.36. The van der Waals surface area contributed by atoms with Crippen LogP contribution in [0.4, 0.5) is 17.6 Å². The zero-order valence-electron chi connectivity index (χ0n) is 19.1. The number of pyridine rings is 1. The van der Waals surface area contributed by atoms with Crippen LogP contribution in [0.5, 0.6) is 0 Å². The Morgan fingerprint density at radius 2 is 1.74 bits per heavy atom. The lowest BCUT2D eigenvalue weighted by molar-refractivity contribution is -0.164. The molecule has 0 radical (unpaired) electrons. The number of carbonyl (C=O) groups is 1. The van der Waals surface area contributed by atoms with E-state index in [1.165, 1.54) is 6.07 Å². The first-order valence-electron chi connectivity index (χ1n) is 10.7. The highest BCUT2D eigenvalue weighted by atomic mass is 79.9. The fraction of sp³-hybridized carbons (Fsp3) is 0.320. The second-order valence-electron chi connectivity index (χ2n) is 9.41. The third kappa shape index (κ3) is 4.69. The van der Waals surface area contributed by atoms with Crippen molar-refractivity contribution in [1.29, 1.82) is 0 Å². The normalized spacial score (nSPS) is 18.6. The van der Waals surface area contributed by atoms with Crippen LogP contribution in [0.2, 0.25) is 0 Å². The molecule has 0 bridgehead atoms. The van der Waals surface area contributed by atoms with Crippen LogP contribution in [-0.4, -0.2) is 45.3 Å². The van der Waals surface area contributed by atoms with E-state index in [0.717, 1.165) is 5.56 Å². The summed E-state index contributed by atoms with van der Waals surface area (Å²) in [6, 6.07) is 13.8. The fourth-order valence-corrected chi connectivity index (χ4v) is 4.24. The van der Waals surface area contributed by atoms with Crippen molar-refractivity contribution in [1.82, 2.24) is 9.99 Å². The highest BCUT2D eigenvalue weighted by molar-refractivity contribution is 9.10. The number of aromatic nitrogens is 1. The molecule has 1 atom stereocenters. The number of fused-ring (bicyclic) bond motifs is 1. The van der Waals surface area contributed by atoms with Crippen molar-refractivity contribution in [2.45, 2.75) is 51.2 Å². The van der Waals surface area contributed by atoms with Gasteiger partial charge in [-0.05, 0) is 35.2 Å². The van der Waals surface area contributed by atoms with Gasteiger partial charge in [0.05, 0.1) is 16.8 Å². The van der Waals surface area contributed by atoms with Crippen LogP contribution >= 0.6 is 15.9 Å². The Kier molecular flexibility index (Phi) is 6.48. The Balaban J connectivity index is 1.88. The topological polar surface area (TPSA) is 65.8 Å². The quantitative estimate of drug-likeness (QED) is 0.382. The molecule has 35 heavy (non-hydrogen) atoms. The van der Waals surface area contributed by atoms with Crippen LogP contribution in [0.3, 0.4) is 0 Å². The van der Waals surface area contributed by atoms with Gasteiger partial charge in [-0.2, -0.15) is 10.1 Å². The van der Waals surface area contributed by atoms with Gasteiger partial charge in [-0.25, -0.2) is 22.5 Å². The Labute approximate surface area is 207 Å². The molecule has 0 unspecified atom stereocenters. The van der Waals surface area contributed by atoms with Crippen molar-refractivity contribution < 1.29 is 27.5 Å². The lowest BCUT2D eigenvalue weighted by Gasteiger charge is -2.30. The van der Waals surface area contributed by atoms with Crippen LogP contribution in [0.25, 0.3) is 22.2 Å². The zero-order valence-corrected chi connectivity index (χ0v) is 20.7. The van der Waals surface area contributed by atoms with Gasteiger partial charge in [0.2, 0.25) is 5.72 Å². The van der Waals surface area contributed by atoms with E-state index in [9.17, 15) is 27.5 Å². The summed E-state index contributed by atoms with van der Waals surface area (Å²) in [5.41, 5.74) is -1.86. The molecule has 1 amide bonds. The molecule has 0 saturated heterocycles. The smallest absolute Gasteiger partial charge is 0.287 e. The monoisotopic (exact) mass is 551 g/mol. The molecule has 0 saturated carbocycles. The predicted molar refractivity (Wildman–Crippen MR) is 129 cm³/mol. The maximum Gasteiger partial charge on any atom is 0.287 e. The van der Waals surface area contributed by atoms with Crippen LogP contribution in [0.1, 0.15) is 43.1 Å². The number of aliphatic hydroxyl groups is 1. The van der Waals surface area contributed by atoms with Crippen molar-refractivity contribution in [3.05, 3.63) is 64.1 Å². The van der Waals surface area contributed by atoms with Gasteiger partial charge in [0.25, 0.3) is 18.8 Å². The predicted octanol–water partition coefficient (Wildman–Crippen LogP) is 6.38. The molecule has 0 spiro atoms. The molecule has 10 heteroatoms. The van der Waals surface area contributed by atoms with Gasteiger partial charge in [-0.3, -0.25) is 4.79 Å². The number of nitrogens with zero attached hydrogens (tertiary/aromatic N) is 3. The molecule has 4 rings (SSSR count). The number of benzene rings is 2. The second-order valence-corrected chi connectivity index (χ2v) is 10.3. The van der Waals surface area contributed by atoms with Crippen LogP contribution in [-0.2, 0) is 5.41 Å². The number of hydrogen-bond acceptors (Lipinski definition) is 4. The average Bonchev–Trinajstić information content (AvgIpc) is 3.17. The molecule has 0 aliphatic carbocycles. The van der Waals surface area contributed by atoms with Crippen molar-refractivity contribution in [2.24, 2.45) is 5.10 Å². The van der Waals surface area contributed by atoms with Gasteiger partial charge < -0.3 is 5.11 Å². The summed E-state index contributed by atoms with van der Waals surface area (Å²) < 4.78 is 54.6. The second kappa shape index (κ2) is 8.98. The number of halogens is 5. The first-order valence-corrected chi connectivity index (χ1v) is 11.5. The van der Waals surface area contributed by atoms with Gasteiger partial charge in [0, 0.05) is 21.8 Å². The first kappa shape index (κ1) is 25.2. The number of alkyl halides is 4. The minimum Gasteiger partial charge on any atom is -0.364 e. The molecule has 1 N–H and O–H groups in total. The van der Waals surface area contributed by atoms with Crippen molar-refractivity contribution >= 4 is 38.5 Å². The maximum atomic E-state index is 13.8. The third-order valence-corrected chi connectivity index (χ3v) is 6.37. The van der Waals surface area contributed by atoms with Gasteiger partial charge >= 0.3 is 0 Å². The number of hydrazone groups is 1. The molecule has 5 nitrogen and oxygen atoms in total. The molecule has 2 aromatic carbocycles. The SMILES string of the molecule is CC(C)(C)c1ccc(-c2cc(C(=O)N3N=C(C(F)F)C[C@]3(O)C(F)F)c3cc(Br)ccc3n2)cc1.